The highest BCUT2D eigenvalue weighted by Gasteiger charge is 2.37. The van der Waals surface area contributed by atoms with Crippen LogP contribution in [0.5, 0.6) is 17.2 Å². The average Bonchev–Trinajstić information content (AvgIpc) is 2.76. The molecule has 0 fully saturated rings. The van der Waals surface area contributed by atoms with Gasteiger partial charge in [-0.1, -0.05) is 12.1 Å². The molecule has 0 aliphatic carbocycles. The molecule has 2 aromatic rings. The topological polar surface area (TPSA) is 111 Å². The number of amides is 2. The zero-order valence-corrected chi connectivity index (χ0v) is 17.3. The minimum absolute atomic E-state index is 0.221. The van der Waals surface area contributed by atoms with Crippen molar-refractivity contribution in [3.8, 4) is 17.2 Å². The van der Waals surface area contributed by atoms with Gasteiger partial charge < -0.3 is 24.0 Å². The van der Waals surface area contributed by atoms with Gasteiger partial charge in [-0.25, -0.2) is 0 Å². The van der Waals surface area contributed by atoms with E-state index in [1.807, 2.05) is 0 Å². The standard InChI is InChI=1S/C20H19F2N3O7/c1-23(2)19(27)17-10-24(12-6-4-5-7-14(12)31-17)18(26)11-8-15(30-3)16(32-20(21)22)9-13(11)25(28)29/h4-9,17,20H,10H2,1-3H3. The number of hydrogen-bond acceptors (Lipinski definition) is 7. The molecule has 1 unspecified atom stereocenters. The van der Waals surface area contributed by atoms with Gasteiger partial charge >= 0.3 is 6.61 Å². The number of nitro groups is 1. The molecule has 3 rings (SSSR count). The van der Waals surface area contributed by atoms with E-state index in [9.17, 15) is 28.5 Å². The van der Waals surface area contributed by atoms with E-state index in [-0.39, 0.29) is 18.0 Å². The first-order valence-electron chi connectivity index (χ1n) is 9.24. The van der Waals surface area contributed by atoms with Crippen molar-refractivity contribution in [2.45, 2.75) is 12.7 Å². The third-order valence-electron chi connectivity index (χ3n) is 4.66. The lowest BCUT2D eigenvalue weighted by molar-refractivity contribution is -0.385. The third kappa shape index (κ3) is 4.38. The van der Waals surface area contributed by atoms with Crippen molar-refractivity contribution in [2.24, 2.45) is 0 Å². The quantitative estimate of drug-likeness (QED) is 0.490. The number of halogens is 2. The molecule has 12 heteroatoms. The molecule has 32 heavy (non-hydrogen) atoms. The fraction of sp³-hybridized carbons (Fsp3) is 0.300. The molecular formula is C20H19F2N3O7. The van der Waals surface area contributed by atoms with E-state index in [2.05, 4.69) is 4.74 Å². The van der Waals surface area contributed by atoms with E-state index in [4.69, 9.17) is 9.47 Å². The van der Waals surface area contributed by atoms with E-state index in [0.717, 1.165) is 13.2 Å². The number of carbonyl (C=O) groups excluding carboxylic acids is 2. The highest BCUT2D eigenvalue weighted by molar-refractivity contribution is 6.10. The van der Waals surface area contributed by atoms with Gasteiger partial charge in [0.15, 0.2) is 17.6 Å². The van der Waals surface area contributed by atoms with E-state index in [1.165, 1.54) is 23.9 Å². The van der Waals surface area contributed by atoms with Gasteiger partial charge in [-0.05, 0) is 12.1 Å². The molecule has 1 atom stereocenters. The van der Waals surface area contributed by atoms with Crippen LogP contribution >= 0.6 is 0 Å². The molecule has 0 saturated carbocycles. The highest BCUT2D eigenvalue weighted by Crippen LogP contribution is 2.39. The number of para-hydroxylation sites is 2. The number of hydrogen-bond donors (Lipinski definition) is 0. The van der Waals surface area contributed by atoms with Crippen molar-refractivity contribution in [3.63, 3.8) is 0 Å². The maximum Gasteiger partial charge on any atom is 0.387 e. The number of likely N-dealkylation sites (N-methyl/N-ethyl adjacent to an activating group) is 1. The normalized spacial score (nSPS) is 14.9. The molecule has 2 amide bonds. The number of rotatable bonds is 6. The monoisotopic (exact) mass is 451 g/mol. The summed E-state index contributed by atoms with van der Waals surface area (Å²) in [4.78, 5) is 39.1. The van der Waals surface area contributed by atoms with Crippen molar-refractivity contribution in [2.75, 3.05) is 32.6 Å². The molecule has 0 spiro atoms. The van der Waals surface area contributed by atoms with Crippen LogP contribution in [0.15, 0.2) is 36.4 Å². The van der Waals surface area contributed by atoms with E-state index in [1.54, 1.807) is 24.3 Å². The number of carbonyl (C=O) groups is 2. The summed E-state index contributed by atoms with van der Waals surface area (Å²) in [6.07, 6.45) is -1.05. The van der Waals surface area contributed by atoms with Crippen LogP contribution in [0.25, 0.3) is 0 Å². The summed E-state index contributed by atoms with van der Waals surface area (Å²) in [5.41, 5.74) is -0.895. The van der Waals surface area contributed by atoms with Gasteiger partial charge in [-0.2, -0.15) is 8.78 Å². The molecule has 0 radical (unpaired) electrons. The van der Waals surface area contributed by atoms with Crippen molar-refractivity contribution in [1.82, 2.24) is 4.90 Å². The minimum atomic E-state index is -3.26. The molecule has 1 heterocycles. The van der Waals surface area contributed by atoms with Crippen LogP contribution in [-0.4, -0.2) is 62.1 Å². The van der Waals surface area contributed by atoms with Gasteiger partial charge in [0.2, 0.25) is 0 Å². The first-order chi connectivity index (χ1) is 15.1. The predicted molar refractivity (Wildman–Crippen MR) is 108 cm³/mol. The first-order valence-corrected chi connectivity index (χ1v) is 9.24. The van der Waals surface area contributed by atoms with E-state index in [0.29, 0.717) is 11.8 Å². The average molecular weight is 451 g/mol. The molecule has 0 aromatic heterocycles. The molecule has 0 saturated heterocycles. The Labute approximate surface area is 181 Å². The van der Waals surface area contributed by atoms with Gasteiger partial charge in [0.1, 0.15) is 11.3 Å². The SMILES string of the molecule is COc1cc(C(=O)N2CC(C(=O)N(C)C)Oc3ccccc32)c([N+](=O)[O-])cc1OC(F)F. The smallest absolute Gasteiger partial charge is 0.387 e. The molecule has 1 aliphatic heterocycles. The Bertz CT molecular complexity index is 1060. The summed E-state index contributed by atoms with van der Waals surface area (Å²) < 4.78 is 40.4. The van der Waals surface area contributed by atoms with Crippen LogP contribution in [0.3, 0.4) is 0 Å². The molecule has 170 valence electrons. The Hall–Kier alpha value is -3.96. The summed E-state index contributed by atoms with van der Waals surface area (Å²) in [6.45, 7) is -3.48. The van der Waals surface area contributed by atoms with Crippen LogP contribution in [-0.2, 0) is 4.79 Å². The van der Waals surface area contributed by atoms with Gasteiger partial charge in [-0.3, -0.25) is 19.7 Å². The Morgan fingerprint density at radius 3 is 2.53 bits per heavy atom. The van der Waals surface area contributed by atoms with Gasteiger partial charge in [0.25, 0.3) is 17.5 Å². The van der Waals surface area contributed by atoms with Gasteiger partial charge in [0.05, 0.1) is 30.3 Å². The lowest BCUT2D eigenvalue weighted by Gasteiger charge is -2.35. The van der Waals surface area contributed by atoms with Crippen molar-refractivity contribution in [3.05, 3.63) is 52.1 Å². The fourth-order valence-electron chi connectivity index (χ4n) is 3.21. The molecule has 1 aliphatic rings. The molecule has 10 nitrogen and oxygen atoms in total. The fourth-order valence-corrected chi connectivity index (χ4v) is 3.21. The summed E-state index contributed by atoms with van der Waals surface area (Å²) in [5.74, 6) is -1.90. The van der Waals surface area contributed by atoms with Crippen LogP contribution in [0, 0.1) is 10.1 Å². The highest BCUT2D eigenvalue weighted by atomic mass is 19.3. The number of nitro benzene ring substituents is 1. The van der Waals surface area contributed by atoms with Gasteiger partial charge in [-0.15, -0.1) is 0 Å². The lowest BCUT2D eigenvalue weighted by Crippen LogP contribution is -2.50. The van der Waals surface area contributed by atoms with E-state index < -0.39 is 46.5 Å². The first kappa shape index (κ1) is 22.7. The van der Waals surface area contributed by atoms with Crippen LogP contribution in [0.4, 0.5) is 20.2 Å². The van der Waals surface area contributed by atoms with E-state index >= 15 is 0 Å². The Morgan fingerprint density at radius 1 is 1.25 bits per heavy atom. The van der Waals surface area contributed by atoms with Crippen LogP contribution in [0.1, 0.15) is 10.4 Å². The lowest BCUT2D eigenvalue weighted by atomic mass is 10.1. The Balaban J connectivity index is 2.10. The number of fused-ring (bicyclic) bond motifs is 1. The van der Waals surface area contributed by atoms with Crippen LogP contribution < -0.4 is 19.1 Å². The number of ether oxygens (including phenoxy) is 3. The largest absolute Gasteiger partial charge is 0.493 e. The summed E-state index contributed by atoms with van der Waals surface area (Å²) in [5, 5.41) is 11.6. The zero-order valence-electron chi connectivity index (χ0n) is 17.3. The maximum atomic E-state index is 13.4. The zero-order chi connectivity index (χ0) is 23.6. The maximum absolute atomic E-state index is 13.4. The number of methoxy groups -OCH3 is 1. The van der Waals surface area contributed by atoms with Crippen molar-refractivity contribution < 1.29 is 37.5 Å². The minimum Gasteiger partial charge on any atom is -0.493 e. The molecule has 0 N–H and O–H groups in total. The van der Waals surface area contributed by atoms with Crippen molar-refractivity contribution in [1.29, 1.82) is 0 Å². The Kier molecular flexibility index (Phi) is 6.42. The number of nitrogens with zero attached hydrogens (tertiary/aromatic N) is 3. The second kappa shape index (κ2) is 9.04. The molecule has 0 bridgehead atoms. The summed E-state index contributed by atoms with van der Waals surface area (Å²) in [6, 6.07) is 8.05. The Morgan fingerprint density at radius 2 is 1.94 bits per heavy atom. The molecular weight excluding hydrogens is 432 g/mol. The second-order valence-electron chi connectivity index (χ2n) is 6.88. The van der Waals surface area contributed by atoms with Crippen LogP contribution in [0.2, 0.25) is 0 Å². The molecule has 2 aromatic carbocycles. The summed E-state index contributed by atoms with van der Waals surface area (Å²) >= 11 is 0. The third-order valence-corrected chi connectivity index (χ3v) is 4.66. The second-order valence-corrected chi connectivity index (χ2v) is 6.88. The van der Waals surface area contributed by atoms with Crippen molar-refractivity contribution >= 4 is 23.2 Å². The van der Waals surface area contributed by atoms with Gasteiger partial charge in [0, 0.05) is 20.2 Å². The number of benzene rings is 2. The predicted octanol–water partition coefficient (Wildman–Crippen LogP) is 2.70. The number of alkyl halides is 2. The summed E-state index contributed by atoms with van der Waals surface area (Å²) in [7, 11) is 4.19. The number of anilines is 1.